The Kier molecular flexibility index (Phi) is 10.1. The molecule has 0 bridgehead atoms. The fourth-order valence-electron chi connectivity index (χ4n) is 5.65. The van der Waals surface area contributed by atoms with E-state index < -0.39 is 18.0 Å². The summed E-state index contributed by atoms with van der Waals surface area (Å²) in [7, 11) is 1.86. The number of piperidine rings is 2. The third-order valence-corrected chi connectivity index (χ3v) is 8.13. The van der Waals surface area contributed by atoms with Crippen molar-refractivity contribution in [1.29, 1.82) is 0 Å². The molecule has 1 atom stereocenters. The van der Waals surface area contributed by atoms with Crippen molar-refractivity contribution in [1.82, 2.24) is 14.7 Å². The Hall–Kier alpha value is -2.60. The first-order chi connectivity index (χ1) is 18.3. The molecule has 4 rings (SSSR count). The van der Waals surface area contributed by atoms with E-state index in [-0.39, 0.29) is 34.2 Å². The predicted octanol–water partition coefficient (Wildman–Crippen LogP) is 5.19. The normalized spacial score (nSPS) is 21.9. The summed E-state index contributed by atoms with van der Waals surface area (Å²) in [4.78, 5) is 40.0. The van der Waals surface area contributed by atoms with E-state index in [0.717, 1.165) is 58.0 Å². The van der Waals surface area contributed by atoms with Crippen molar-refractivity contribution >= 4 is 29.6 Å². The molecular formula is C26H34ClF4N3O5. The number of amides is 2. The maximum atomic E-state index is 14.2. The van der Waals surface area contributed by atoms with E-state index in [1.165, 1.54) is 12.1 Å². The van der Waals surface area contributed by atoms with Gasteiger partial charge in [-0.3, -0.25) is 9.69 Å². The van der Waals surface area contributed by atoms with E-state index in [1.54, 1.807) is 15.9 Å². The number of benzene rings is 1. The lowest BCUT2D eigenvalue weighted by atomic mass is 9.81. The number of nitrogens with zero attached hydrogens (tertiary/aromatic N) is 3. The third kappa shape index (κ3) is 7.13. The molecule has 13 heteroatoms. The van der Waals surface area contributed by atoms with Crippen molar-refractivity contribution in [3.05, 3.63) is 34.6 Å². The van der Waals surface area contributed by atoms with E-state index in [4.69, 9.17) is 26.2 Å². The lowest BCUT2D eigenvalue weighted by molar-refractivity contribution is -0.192. The molecule has 0 aliphatic carbocycles. The lowest BCUT2D eigenvalue weighted by Crippen LogP contribution is -2.55. The Balaban J connectivity index is 0.000000532. The molecule has 3 aliphatic rings. The van der Waals surface area contributed by atoms with Crippen LogP contribution in [0.1, 0.15) is 62.2 Å². The number of likely N-dealkylation sites (N-methyl/N-ethyl adjacent to an activating group) is 1. The summed E-state index contributed by atoms with van der Waals surface area (Å²) in [6.07, 6.45) is 1.30. The van der Waals surface area contributed by atoms with Gasteiger partial charge in [-0.05, 0) is 31.4 Å². The summed E-state index contributed by atoms with van der Waals surface area (Å²) in [5.74, 6) is -3.66. The van der Waals surface area contributed by atoms with Crippen LogP contribution in [0.3, 0.4) is 0 Å². The van der Waals surface area contributed by atoms with Crippen LogP contribution in [0, 0.1) is 5.82 Å². The van der Waals surface area contributed by atoms with E-state index in [2.05, 4.69) is 11.8 Å². The average molecular weight is 580 g/mol. The molecule has 0 radical (unpaired) electrons. The number of carboxylic acids is 1. The topological polar surface area (TPSA) is 90.4 Å². The number of carbonyl (C=O) groups excluding carboxylic acids is 2. The number of halogens is 5. The molecule has 1 unspecified atom stereocenters. The van der Waals surface area contributed by atoms with E-state index in [0.29, 0.717) is 19.1 Å². The quantitative estimate of drug-likeness (QED) is 0.483. The van der Waals surface area contributed by atoms with Crippen molar-refractivity contribution in [2.45, 2.75) is 75.7 Å². The molecule has 1 spiro atoms. The van der Waals surface area contributed by atoms with Gasteiger partial charge >= 0.3 is 18.2 Å². The zero-order chi connectivity index (χ0) is 29.0. The Labute approximate surface area is 229 Å². The SMILES string of the molecule is CCCCC1N(C)C(=O)OC12CCN(C1CCN(C(=O)c3c(F)cccc3Cl)CC1)CC2.O=C(O)C(F)(F)F. The number of likely N-dealkylation sites (tertiary alicyclic amines) is 2. The molecule has 0 saturated carbocycles. The molecule has 1 aromatic rings. The van der Waals surface area contributed by atoms with Gasteiger partial charge in [0.15, 0.2) is 0 Å². The molecule has 2 amide bonds. The Morgan fingerprint density at radius 3 is 2.26 bits per heavy atom. The summed E-state index contributed by atoms with van der Waals surface area (Å²) in [5, 5.41) is 7.28. The van der Waals surface area contributed by atoms with E-state index in [9.17, 15) is 27.2 Å². The second kappa shape index (κ2) is 12.7. The first-order valence-corrected chi connectivity index (χ1v) is 13.4. The Bertz CT molecular complexity index is 1020. The van der Waals surface area contributed by atoms with Crippen molar-refractivity contribution in [2.75, 3.05) is 33.2 Å². The van der Waals surface area contributed by atoms with Crippen LogP contribution in [0.2, 0.25) is 5.02 Å². The Morgan fingerprint density at radius 1 is 1.15 bits per heavy atom. The largest absolute Gasteiger partial charge is 0.490 e. The van der Waals surface area contributed by atoms with Crippen molar-refractivity contribution in [3.8, 4) is 0 Å². The number of carbonyl (C=O) groups is 3. The first-order valence-electron chi connectivity index (χ1n) is 13.0. The molecule has 1 N–H and O–H groups in total. The highest BCUT2D eigenvalue weighted by molar-refractivity contribution is 6.33. The molecule has 1 aromatic carbocycles. The molecule has 8 nitrogen and oxygen atoms in total. The summed E-state index contributed by atoms with van der Waals surface area (Å²) >= 11 is 6.08. The first kappa shape index (κ1) is 30.9. The maximum Gasteiger partial charge on any atom is 0.490 e. The monoisotopic (exact) mass is 579 g/mol. The van der Waals surface area contributed by atoms with Crippen LogP contribution in [-0.4, -0.2) is 94.9 Å². The number of aliphatic carboxylic acids is 1. The molecule has 3 saturated heterocycles. The van der Waals surface area contributed by atoms with Crippen LogP contribution in [0.15, 0.2) is 18.2 Å². The van der Waals surface area contributed by atoms with E-state index in [1.807, 2.05) is 7.05 Å². The third-order valence-electron chi connectivity index (χ3n) is 7.82. The second-order valence-corrected chi connectivity index (χ2v) is 10.6. The van der Waals surface area contributed by atoms with Crippen molar-refractivity contribution < 1.29 is 41.8 Å². The zero-order valence-corrected chi connectivity index (χ0v) is 22.7. The number of hydrogen-bond donors (Lipinski definition) is 1. The van der Waals surface area contributed by atoms with Gasteiger partial charge in [-0.2, -0.15) is 13.2 Å². The highest BCUT2D eigenvalue weighted by atomic mass is 35.5. The zero-order valence-electron chi connectivity index (χ0n) is 22.0. The minimum absolute atomic E-state index is 0.0298. The van der Waals surface area contributed by atoms with Crippen LogP contribution in [0.4, 0.5) is 22.4 Å². The van der Waals surface area contributed by atoms with Gasteiger partial charge in [-0.25, -0.2) is 14.0 Å². The molecule has 3 heterocycles. The molecule has 218 valence electrons. The van der Waals surface area contributed by atoms with E-state index >= 15 is 0 Å². The minimum atomic E-state index is -5.08. The van der Waals surface area contributed by atoms with Gasteiger partial charge in [0.2, 0.25) is 0 Å². The fourth-order valence-corrected chi connectivity index (χ4v) is 5.89. The van der Waals surface area contributed by atoms with Gasteiger partial charge < -0.3 is 19.6 Å². The van der Waals surface area contributed by atoms with Gasteiger partial charge in [0, 0.05) is 52.1 Å². The lowest BCUT2D eigenvalue weighted by Gasteiger charge is -2.46. The van der Waals surface area contributed by atoms with Crippen molar-refractivity contribution in [3.63, 3.8) is 0 Å². The average Bonchev–Trinajstić information content (AvgIpc) is 3.11. The second-order valence-electron chi connectivity index (χ2n) is 10.2. The smallest absolute Gasteiger partial charge is 0.475 e. The number of carboxylic acid groups (broad SMARTS) is 1. The molecule has 3 fully saturated rings. The number of ether oxygens (including phenoxy) is 1. The molecule has 0 aromatic heterocycles. The predicted molar refractivity (Wildman–Crippen MR) is 135 cm³/mol. The molecular weight excluding hydrogens is 546 g/mol. The number of hydrogen-bond acceptors (Lipinski definition) is 5. The standard InChI is InChI=1S/C24H33ClFN3O3.C2HF3O2/c1-3-4-8-20-24(32-23(31)27(20)2)11-15-28(16-12-24)17-9-13-29(14-10-17)22(30)21-18(25)6-5-7-19(21)26;3-2(4,5)1(6)7/h5-7,17,20H,3-4,8-16H2,1-2H3;(H,6,7). The Morgan fingerprint density at radius 2 is 1.74 bits per heavy atom. The number of alkyl halides is 3. The van der Waals surface area contributed by atoms with Gasteiger partial charge in [-0.15, -0.1) is 0 Å². The van der Waals surface area contributed by atoms with Crippen LogP contribution in [0.5, 0.6) is 0 Å². The highest BCUT2D eigenvalue weighted by Crippen LogP contribution is 2.41. The van der Waals surface area contributed by atoms with Gasteiger partial charge in [0.1, 0.15) is 11.4 Å². The number of unbranched alkanes of at least 4 members (excludes halogenated alkanes) is 1. The summed E-state index contributed by atoms with van der Waals surface area (Å²) in [6.45, 7) is 5.13. The van der Waals surface area contributed by atoms with Crippen LogP contribution in [-0.2, 0) is 9.53 Å². The molecule has 39 heavy (non-hydrogen) atoms. The summed E-state index contributed by atoms with van der Waals surface area (Å²) in [5.41, 5.74) is -0.395. The summed E-state index contributed by atoms with van der Waals surface area (Å²) < 4.78 is 51.8. The fraction of sp³-hybridized carbons (Fsp3) is 0.654. The highest BCUT2D eigenvalue weighted by Gasteiger charge is 2.53. The van der Waals surface area contributed by atoms with Crippen LogP contribution in [0.25, 0.3) is 0 Å². The van der Waals surface area contributed by atoms with Crippen LogP contribution >= 0.6 is 11.6 Å². The van der Waals surface area contributed by atoms with Gasteiger partial charge in [-0.1, -0.05) is 37.4 Å². The van der Waals surface area contributed by atoms with Gasteiger partial charge in [0.25, 0.3) is 5.91 Å². The molecule has 3 aliphatic heterocycles. The number of rotatable bonds is 5. The van der Waals surface area contributed by atoms with Crippen LogP contribution < -0.4 is 0 Å². The maximum absolute atomic E-state index is 14.2. The van der Waals surface area contributed by atoms with Crippen molar-refractivity contribution in [2.24, 2.45) is 0 Å². The minimum Gasteiger partial charge on any atom is -0.475 e. The summed E-state index contributed by atoms with van der Waals surface area (Å²) in [6, 6.07) is 4.88. The van der Waals surface area contributed by atoms with Gasteiger partial charge in [0.05, 0.1) is 16.6 Å².